The summed E-state index contributed by atoms with van der Waals surface area (Å²) in [6, 6.07) is 8.84. The van der Waals surface area contributed by atoms with E-state index in [1.165, 1.54) is 12.5 Å². The van der Waals surface area contributed by atoms with Crippen molar-refractivity contribution in [3.05, 3.63) is 58.7 Å². The van der Waals surface area contributed by atoms with Gasteiger partial charge in [0.1, 0.15) is 16.6 Å². The molecule has 35 heavy (non-hydrogen) atoms. The molecule has 1 aliphatic carbocycles. The van der Waals surface area contributed by atoms with Crippen molar-refractivity contribution in [2.45, 2.75) is 42.5 Å². The molecule has 3 aromatic rings. The van der Waals surface area contributed by atoms with Crippen molar-refractivity contribution in [2.75, 3.05) is 11.8 Å². The quantitative estimate of drug-likeness (QED) is 0.406. The van der Waals surface area contributed by atoms with Gasteiger partial charge in [0.2, 0.25) is 5.92 Å². The van der Waals surface area contributed by atoms with Gasteiger partial charge in [-0.2, -0.15) is 8.42 Å². The minimum Gasteiger partial charge on any atom is -0.495 e. The van der Waals surface area contributed by atoms with Crippen LogP contribution in [0.1, 0.15) is 47.5 Å². The number of benzene rings is 2. The number of anilines is 1. The van der Waals surface area contributed by atoms with Gasteiger partial charge in [0.25, 0.3) is 10.0 Å². The summed E-state index contributed by atoms with van der Waals surface area (Å²) in [6.45, 7) is 0. The Morgan fingerprint density at radius 1 is 1.20 bits per heavy atom. The number of aromatic carboxylic acids is 1. The van der Waals surface area contributed by atoms with Crippen LogP contribution in [0.2, 0.25) is 0 Å². The number of carboxylic acids is 1. The number of nitrogens with one attached hydrogen (secondary N) is 1. The molecule has 2 aromatic carbocycles. The minimum atomic E-state index is -4.24. The molecule has 0 unspecified atom stereocenters. The van der Waals surface area contributed by atoms with Gasteiger partial charge in [0.15, 0.2) is 5.03 Å². The molecular weight excluding hydrogens is 505 g/mol. The highest BCUT2D eigenvalue weighted by Crippen LogP contribution is 2.41. The van der Waals surface area contributed by atoms with Crippen molar-refractivity contribution < 1.29 is 36.2 Å². The summed E-state index contributed by atoms with van der Waals surface area (Å²) in [6.07, 6.45) is 0.562. The van der Waals surface area contributed by atoms with Gasteiger partial charge >= 0.3 is 5.97 Å². The van der Waals surface area contributed by atoms with E-state index in [1.807, 2.05) is 12.1 Å². The van der Waals surface area contributed by atoms with Gasteiger partial charge in [-0.3, -0.25) is 4.72 Å². The van der Waals surface area contributed by atoms with Gasteiger partial charge in [-0.05, 0) is 30.4 Å². The molecule has 1 aromatic heterocycles. The lowest BCUT2D eigenvalue weighted by Crippen LogP contribution is -2.23. The third-order valence-corrected chi connectivity index (χ3v) is 8.16. The number of ether oxygens (including phenoxy) is 1. The molecule has 0 aliphatic heterocycles. The lowest BCUT2D eigenvalue weighted by Gasteiger charge is -2.28. The van der Waals surface area contributed by atoms with E-state index in [2.05, 4.69) is 9.71 Å². The maximum atomic E-state index is 14.1. The normalized spacial score (nSPS) is 16.1. The van der Waals surface area contributed by atoms with E-state index in [0.717, 1.165) is 29.0 Å². The van der Waals surface area contributed by atoms with Crippen molar-refractivity contribution in [1.29, 1.82) is 0 Å². The summed E-state index contributed by atoms with van der Waals surface area (Å²) in [5.74, 6) is -5.35. The van der Waals surface area contributed by atoms with Gasteiger partial charge in [0.05, 0.1) is 18.4 Å². The van der Waals surface area contributed by atoms with Crippen LogP contribution in [0, 0.1) is 5.82 Å². The molecule has 2 N–H and O–H groups in total. The fourth-order valence-corrected chi connectivity index (χ4v) is 6.11. The van der Waals surface area contributed by atoms with E-state index in [0.29, 0.717) is 23.4 Å². The number of methoxy groups -OCH3 is 1. The van der Waals surface area contributed by atoms with Crippen LogP contribution in [0.4, 0.5) is 18.9 Å². The van der Waals surface area contributed by atoms with Gasteiger partial charge in [-0.15, -0.1) is 11.3 Å². The fourth-order valence-electron chi connectivity index (χ4n) is 3.95. The first-order valence-corrected chi connectivity index (χ1v) is 12.9. The number of thiazole rings is 1. The zero-order valence-corrected chi connectivity index (χ0v) is 20.1. The highest BCUT2D eigenvalue weighted by Gasteiger charge is 2.35. The fraction of sp³-hybridized carbons (Fsp3) is 0.304. The number of hydrogen-bond acceptors (Lipinski definition) is 6. The van der Waals surface area contributed by atoms with Gasteiger partial charge in [-0.1, -0.05) is 24.3 Å². The predicted molar refractivity (Wildman–Crippen MR) is 124 cm³/mol. The lowest BCUT2D eigenvalue weighted by atomic mass is 9.82. The molecule has 1 fully saturated rings. The standard InChI is InChI=1S/C23H21F3N2O5S2/c1-33-19-10-16(22(29)30)17(24)11-18(19)28-35(31,32)20-12-34-21(27-20)15-4-2-13(3-5-15)14-6-8-23(25,26)9-7-14/h2-5,10-12,14,28H,6-9H2,1H3,(H,29,30). The third-order valence-electron chi connectivity index (χ3n) is 5.87. The predicted octanol–water partition coefficient (Wildman–Crippen LogP) is 5.75. The number of sulfonamides is 1. The summed E-state index contributed by atoms with van der Waals surface area (Å²) in [7, 11) is -3.04. The Morgan fingerprint density at radius 2 is 1.86 bits per heavy atom. The third kappa shape index (κ3) is 5.43. The molecule has 0 radical (unpaired) electrons. The summed E-state index contributed by atoms with van der Waals surface area (Å²) in [5, 5.41) is 10.5. The zero-order valence-electron chi connectivity index (χ0n) is 18.4. The first-order chi connectivity index (χ1) is 16.5. The average Bonchev–Trinajstić information content (AvgIpc) is 3.30. The highest BCUT2D eigenvalue weighted by molar-refractivity contribution is 7.92. The Balaban J connectivity index is 1.52. The van der Waals surface area contributed by atoms with Crippen LogP contribution >= 0.6 is 11.3 Å². The molecule has 186 valence electrons. The second-order valence-corrected chi connectivity index (χ2v) is 10.7. The van der Waals surface area contributed by atoms with Crippen molar-refractivity contribution in [2.24, 2.45) is 0 Å². The number of carbonyl (C=O) groups is 1. The largest absolute Gasteiger partial charge is 0.495 e. The summed E-state index contributed by atoms with van der Waals surface area (Å²) >= 11 is 1.09. The Labute approximate surface area is 203 Å². The number of alkyl halides is 2. The van der Waals surface area contributed by atoms with E-state index >= 15 is 0 Å². The minimum absolute atomic E-state index is 0.0583. The summed E-state index contributed by atoms with van der Waals surface area (Å²) in [5.41, 5.74) is 0.683. The number of rotatable bonds is 7. The van der Waals surface area contributed by atoms with Gasteiger partial charge in [-0.25, -0.2) is 22.9 Å². The first-order valence-electron chi connectivity index (χ1n) is 10.6. The highest BCUT2D eigenvalue weighted by atomic mass is 32.2. The van der Waals surface area contributed by atoms with Crippen LogP contribution in [0.5, 0.6) is 5.75 Å². The van der Waals surface area contributed by atoms with Crippen molar-refractivity contribution >= 4 is 33.0 Å². The molecule has 1 heterocycles. The first kappa shape index (κ1) is 25.0. The molecule has 1 aliphatic rings. The Bertz CT molecular complexity index is 1350. The second-order valence-electron chi connectivity index (χ2n) is 8.19. The van der Waals surface area contributed by atoms with Gasteiger partial charge in [0, 0.05) is 29.9 Å². The second kappa shape index (κ2) is 9.50. The molecule has 0 saturated heterocycles. The topological polar surface area (TPSA) is 106 Å². The summed E-state index contributed by atoms with van der Waals surface area (Å²) in [4.78, 5) is 15.3. The van der Waals surface area contributed by atoms with Crippen molar-refractivity contribution in [1.82, 2.24) is 4.98 Å². The molecule has 0 bridgehead atoms. The molecular formula is C23H21F3N2O5S2. The SMILES string of the molecule is COc1cc(C(=O)O)c(F)cc1NS(=O)(=O)c1csc(-c2ccc(C3CCC(F)(F)CC3)cc2)n1. The molecule has 0 amide bonds. The smallest absolute Gasteiger partial charge is 0.338 e. The van der Waals surface area contributed by atoms with Gasteiger partial charge < -0.3 is 9.84 Å². The van der Waals surface area contributed by atoms with E-state index in [1.54, 1.807) is 12.1 Å². The number of hydrogen-bond donors (Lipinski definition) is 2. The van der Waals surface area contributed by atoms with E-state index in [4.69, 9.17) is 9.84 Å². The van der Waals surface area contributed by atoms with E-state index < -0.39 is 33.3 Å². The molecule has 0 atom stereocenters. The maximum Gasteiger partial charge on any atom is 0.338 e. The Hall–Kier alpha value is -3.12. The molecule has 0 spiro atoms. The van der Waals surface area contributed by atoms with E-state index in [-0.39, 0.29) is 35.2 Å². The number of carboxylic acid groups (broad SMARTS) is 1. The molecule has 4 rings (SSSR count). The average molecular weight is 527 g/mol. The van der Waals surface area contributed by atoms with Crippen LogP contribution in [0.15, 0.2) is 46.8 Å². The van der Waals surface area contributed by atoms with Crippen molar-refractivity contribution in [3.63, 3.8) is 0 Å². The van der Waals surface area contributed by atoms with Crippen LogP contribution in [-0.2, 0) is 10.0 Å². The number of nitrogens with zero attached hydrogens (tertiary/aromatic N) is 1. The summed E-state index contributed by atoms with van der Waals surface area (Å²) < 4.78 is 73.8. The molecule has 12 heteroatoms. The maximum absolute atomic E-state index is 14.1. The van der Waals surface area contributed by atoms with Crippen LogP contribution in [0.3, 0.4) is 0 Å². The Morgan fingerprint density at radius 3 is 2.46 bits per heavy atom. The van der Waals surface area contributed by atoms with Crippen LogP contribution in [0.25, 0.3) is 10.6 Å². The zero-order chi connectivity index (χ0) is 25.4. The lowest BCUT2D eigenvalue weighted by molar-refractivity contribution is -0.0382. The number of halogens is 3. The van der Waals surface area contributed by atoms with Crippen LogP contribution in [-0.4, -0.2) is 37.5 Å². The van der Waals surface area contributed by atoms with Crippen molar-refractivity contribution in [3.8, 4) is 16.3 Å². The molecule has 7 nitrogen and oxygen atoms in total. The monoisotopic (exact) mass is 526 g/mol. The van der Waals surface area contributed by atoms with Crippen LogP contribution < -0.4 is 9.46 Å². The van der Waals surface area contributed by atoms with E-state index in [9.17, 15) is 26.4 Å². The number of aromatic nitrogens is 1. The molecule has 1 saturated carbocycles. The Kier molecular flexibility index (Phi) is 6.78.